The first-order valence-electron chi connectivity index (χ1n) is 48.2. The van der Waals surface area contributed by atoms with Gasteiger partial charge < -0.3 is 73.1 Å². The zero-order valence-corrected chi connectivity index (χ0v) is 79.9. The Morgan fingerprint density at radius 3 is 1.10 bits per heavy atom. The molecule has 5 aliphatic rings. The van der Waals surface area contributed by atoms with Gasteiger partial charge in [0.2, 0.25) is 23.3 Å². The van der Waals surface area contributed by atoms with Gasteiger partial charge in [-0.15, -0.1) is 25.5 Å². The Morgan fingerprint density at radius 1 is 0.311 bits per heavy atom. The lowest BCUT2D eigenvalue weighted by Crippen LogP contribution is -2.37. The third kappa shape index (κ3) is 21.3. The van der Waals surface area contributed by atoms with E-state index in [-0.39, 0.29) is 94.5 Å². The van der Waals surface area contributed by atoms with Crippen LogP contribution < -0.4 is 51.1 Å². The van der Waals surface area contributed by atoms with E-state index in [4.69, 9.17) is 9.97 Å². The van der Waals surface area contributed by atoms with E-state index in [9.17, 15) is 41.5 Å². The van der Waals surface area contributed by atoms with Gasteiger partial charge in [-0.2, -0.15) is 0 Å². The second kappa shape index (κ2) is 42.8. The van der Waals surface area contributed by atoms with Gasteiger partial charge in [-0.3, -0.25) is 24.0 Å². The third-order valence-corrected chi connectivity index (χ3v) is 25.8. The van der Waals surface area contributed by atoms with Crippen LogP contribution in [-0.4, -0.2) is 256 Å². The molecule has 25 rings (SSSR count). The van der Waals surface area contributed by atoms with Crippen molar-refractivity contribution in [3.05, 3.63) is 352 Å². The molecular weight excluding hydrogens is 1900 g/mol. The zero-order valence-electron chi connectivity index (χ0n) is 79.9. The van der Waals surface area contributed by atoms with E-state index in [0.29, 0.717) is 43.2 Å². The summed E-state index contributed by atoms with van der Waals surface area (Å²) in [6, 6.07) is 46.5. The van der Waals surface area contributed by atoms with Crippen LogP contribution in [0.1, 0.15) is 110 Å². The highest BCUT2D eigenvalue weighted by atomic mass is 19.2. The number of anilines is 5. The van der Waals surface area contributed by atoms with Gasteiger partial charge in [0.1, 0.15) is 36.9 Å². The molecule has 46 heteroatoms. The minimum atomic E-state index is -0.999. The van der Waals surface area contributed by atoms with Crippen molar-refractivity contribution in [2.45, 2.75) is 89.0 Å². The molecule has 5 N–H and O–H groups in total. The fourth-order valence-electron chi connectivity index (χ4n) is 18.4. The Bertz CT molecular complexity index is 8130. The van der Waals surface area contributed by atoms with E-state index in [2.05, 4.69) is 184 Å². The second-order valence-corrected chi connectivity index (χ2v) is 35.6. The van der Waals surface area contributed by atoms with Crippen molar-refractivity contribution in [2.24, 2.45) is 0 Å². The van der Waals surface area contributed by atoms with E-state index >= 15 is 0 Å². The molecule has 0 bridgehead atoms. The molecule has 5 atom stereocenters. The number of fused-ring (bicyclic) bond motifs is 5. The number of nitrogens with zero attached hydrogens (tertiary/aromatic N) is 32. The first-order valence-corrected chi connectivity index (χ1v) is 48.2. The van der Waals surface area contributed by atoms with Crippen LogP contribution in [0.15, 0.2) is 288 Å². The highest BCUT2D eigenvalue weighted by molar-refractivity contribution is 5.94. The molecule has 5 aliphatic heterocycles. The minimum absolute atomic E-state index is 0.0210. The van der Waals surface area contributed by atoms with Crippen molar-refractivity contribution in [1.82, 2.24) is 158 Å². The van der Waals surface area contributed by atoms with Crippen molar-refractivity contribution in [3.63, 3.8) is 0 Å². The minimum Gasteiger partial charge on any atom is -0.353 e. The Hall–Kier alpha value is -18.8. The Morgan fingerprint density at radius 2 is 0.669 bits per heavy atom. The average Bonchev–Trinajstić information content (AvgIpc) is 1.63. The molecule has 5 saturated heterocycles. The number of para-hydroxylation sites is 2. The number of hydrogen-bond acceptors (Lipinski definition) is 27. The van der Waals surface area contributed by atoms with Crippen LogP contribution in [-0.2, 0) is 12.8 Å². The highest BCUT2D eigenvalue weighted by Crippen LogP contribution is 2.31. The van der Waals surface area contributed by atoms with Crippen molar-refractivity contribution in [1.29, 1.82) is 0 Å². The molecule has 20 heterocycles. The number of halogens is 4. The standard InChI is InChI=1S/C22H22FN7O.C22H23N7O.C20H19N7O.C19H16F2N8O.C19H17FN8O/c1-2-16-12-28-10-3-4-19(28)21(25-16)29-11-9-17(13-29)26-22(31)20-24-14-30(27-20)18-7-5-15(23)6-8-18;1-2-16-13-27-11-6-9-19(27)21(24-16)28-12-10-17(14-28)25-22(30)20-23-15-29(26-20)18-7-4-3-5-8-18;28-20(17-14-27(24-23-17)16-5-2-1-3-6-16)22-15-8-11-26(13-15)19-18-7-4-10-25(18)12-9-21-19;20-14-2-1-13(9-15(14)21)29-11-24-16(26-29)19(30)25-12-3-6-28(10-12)18-17-22-4-7-27(17)8-5-23-18;20-13-2-1-3-15(10-13)28-12-23-16(25-28)19(29)24-14-4-7-27(11-14)18-17-21-5-8-26(17)9-6-22-18/h3-8,10,12,14,17H,2,9,11,13H2,1H3,(H,26,31);3-9,11,13,15,17H,2,10,12,14H2,1H3,(H,25,30);1-7,9-10,12,14-15H,8,11,13H2,(H,22,28);1-2,4-5,7-9,11-12H,3,6,10H2,(H,25,30);1-3,5-6,8-10,12,14H,4,7,11H2,(H,24,29)/t2*17-;15-;12-;14-/m00000/s1. The van der Waals surface area contributed by atoms with Crippen LogP contribution in [0.4, 0.5) is 46.7 Å². The lowest BCUT2D eigenvalue weighted by Gasteiger charge is -2.20. The number of nitrogens with one attached hydrogen (secondary N) is 5. The van der Waals surface area contributed by atoms with E-state index in [1.807, 2.05) is 137 Å². The van der Waals surface area contributed by atoms with Gasteiger partial charge in [-0.05, 0) is 160 Å². The molecule has 5 amide bonds. The molecule has 5 aromatic carbocycles. The highest BCUT2D eigenvalue weighted by Gasteiger charge is 2.35. The number of rotatable bonds is 22. The fourth-order valence-corrected chi connectivity index (χ4v) is 18.4. The quantitative estimate of drug-likeness (QED) is 0.0394. The van der Waals surface area contributed by atoms with Crippen molar-refractivity contribution in [3.8, 4) is 28.4 Å². The lowest BCUT2D eigenvalue weighted by atomic mass is 10.2. The van der Waals surface area contributed by atoms with Gasteiger partial charge in [0.05, 0.1) is 62.6 Å². The van der Waals surface area contributed by atoms with Crippen LogP contribution in [0, 0.1) is 23.3 Å². The molecule has 42 nitrogen and oxygen atoms in total. The number of aromatic nitrogens is 27. The van der Waals surface area contributed by atoms with Crippen LogP contribution in [0.3, 0.4) is 0 Å². The van der Waals surface area contributed by atoms with Crippen LogP contribution in [0.25, 0.3) is 56.3 Å². The summed E-state index contributed by atoms with van der Waals surface area (Å²) in [5.74, 6) is 0.439. The maximum absolute atomic E-state index is 13.4. The van der Waals surface area contributed by atoms with Crippen molar-refractivity contribution >= 4 is 86.5 Å². The summed E-state index contributed by atoms with van der Waals surface area (Å²) < 4.78 is 70.4. The lowest BCUT2D eigenvalue weighted by molar-refractivity contribution is 0.0921. The summed E-state index contributed by atoms with van der Waals surface area (Å²) in [7, 11) is 0. The maximum Gasteiger partial charge on any atom is 0.291 e. The molecule has 0 unspecified atom stereocenters. The monoisotopic (exact) mass is 2000 g/mol. The maximum atomic E-state index is 13.4. The van der Waals surface area contributed by atoms with E-state index in [1.165, 1.54) is 63.4 Å². The number of imidazole rings is 2. The van der Waals surface area contributed by atoms with Crippen LogP contribution in [0.2, 0.25) is 0 Å². The molecule has 5 fully saturated rings. The Kier molecular flexibility index (Phi) is 27.6. The van der Waals surface area contributed by atoms with Gasteiger partial charge >= 0.3 is 0 Å². The molecule has 0 radical (unpaired) electrons. The summed E-state index contributed by atoms with van der Waals surface area (Å²) in [6.07, 6.45) is 41.4. The summed E-state index contributed by atoms with van der Waals surface area (Å²) in [6.45, 7) is 11.5. The van der Waals surface area contributed by atoms with Crippen LogP contribution in [0.5, 0.6) is 0 Å². The molecule has 148 heavy (non-hydrogen) atoms. The Balaban J connectivity index is 0.000000108. The molecule has 20 aromatic rings. The van der Waals surface area contributed by atoms with Crippen LogP contribution >= 0.6 is 0 Å². The van der Waals surface area contributed by atoms with Gasteiger partial charge in [0, 0.05) is 195 Å². The molecule has 0 saturated carbocycles. The summed E-state index contributed by atoms with van der Waals surface area (Å²) in [5, 5.41) is 39.9. The van der Waals surface area contributed by atoms with Gasteiger partial charge in [-0.1, -0.05) is 61.5 Å². The van der Waals surface area contributed by atoms with Crippen molar-refractivity contribution < 1.29 is 41.5 Å². The predicted octanol–water partition coefficient (Wildman–Crippen LogP) is 10.1. The zero-order chi connectivity index (χ0) is 101. The van der Waals surface area contributed by atoms with Gasteiger partial charge in [0.15, 0.2) is 57.7 Å². The summed E-state index contributed by atoms with van der Waals surface area (Å²) >= 11 is 0. The number of amides is 5. The summed E-state index contributed by atoms with van der Waals surface area (Å²) in [5.41, 5.74) is 10.3. The number of aryl methyl sites for hydroxylation is 2. The smallest absolute Gasteiger partial charge is 0.291 e. The van der Waals surface area contributed by atoms with E-state index in [1.54, 1.807) is 77.1 Å². The Labute approximate surface area is 840 Å². The predicted molar refractivity (Wildman–Crippen MR) is 537 cm³/mol. The molecule has 15 aromatic heterocycles. The topological polar surface area (TPSA) is 428 Å². The largest absolute Gasteiger partial charge is 0.353 e. The SMILES string of the molecule is CCc1cn2cccc2c(N2CC[C@H](NC(=O)c3ncn(-c4ccc(F)cc4)n3)C2)n1.CCc1cn2cccc2c(N2CC[C@H](NC(=O)c3ncn(-c4ccccc4)n3)C2)n1.O=C(N[C@H]1CCN(c2nccn3cccc23)C1)c1cn(-c2ccccc2)nn1.O=C(N[C@H]1CCN(c2nccn3ccnc23)C1)c1ncn(-c2ccc(F)c(F)c2)n1.O=C(N[C@H]1CCN(c2nccn3ccnc23)C1)c1ncn(-c2cccc(F)c2)n1. The normalized spacial score (nSPS) is 16.4. The second-order valence-electron chi connectivity index (χ2n) is 35.6. The molecular formula is C102H97F4N37O5. The first kappa shape index (κ1) is 95.4. The van der Waals surface area contributed by atoms with E-state index < -0.39 is 17.5 Å². The first-order chi connectivity index (χ1) is 72.3. The number of hydrogen-bond donors (Lipinski definition) is 5. The molecule has 0 aliphatic carbocycles. The number of benzene rings is 5. The van der Waals surface area contributed by atoms with Crippen molar-refractivity contribution in [2.75, 3.05) is 89.9 Å². The number of carbonyl (C=O) groups excluding carboxylic acids is 5. The van der Waals surface area contributed by atoms with Gasteiger partial charge in [0.25, 0.3) is 29.5 Å². The molecule has 748 valence electrons. The third-order valence-electron chi connectivity index (χ3n) is 25.8. The van der Waals surface area contributed by atoms with E-state index in [0.717, 1.165) is 176 Å². The molecule has 0 spiro atoms. The fraction of sp³-hybridized carbons (Fsp3) is 0.235. The summed E-state index contributed by atoms with van der Waals surface area (Å²) in [4.78, 5) is 122. The number of carbonyl (C=O) groups is 5. The average molecular weight is 2000 g/mol. The van der Waals surface area contributed by atoms with Gasteiger partial charge in [-0.25, -0.2) is 95.8 Å².